The molecule has 0 saturated heterocycles. The van der Waals surface area contributed by atoms with Crippen LogP contribution in [0.3, 0.4) is 0 Å². The number of rotatable bonds is 2. The Balaban J connectivity index is 4.28. The molecule has 3 heteroatoms. The summed E-state index contributed by atoms with van der Waals surface area (Å²) in [4.78, 5) is 0. The second-order valence-electron chi connectivity index (χ2n) is 1.69. The number of allylic oxidation sites excluding steroid dienone is 1. The number of methoxy groups -OCH3 is 1. The van der Waals surface area contributed by atoms with Gasteiger partial charge in [0.25, 0.3) is 0 Å². The van der Waals surface area contributed by atoms with E-state index in [1.54, 1.807) is 21.0 Å². The monoisotopic (exact) mass is 166 g/mol. The van der Waals surface area contributed by atoms with Gasteiger partial charge in [-0.25, -0.2) is 0 Å². The number of hydrogen-bond donors (Lipinski definition) is 1. The molecule has 0 atom stereocenters. The van der Waals surface area contributed by atoms with Gasteiger partial charge in [0, 0.05) is 0 Å². The Morgan fingerprint density at radius 3 is 2.00 bits per heavy atom. The molecule has 0 unspecified atom stereocenters. The van der Waals surface area contributed by atoms with E-state index in [9.17, 15) is 0 Å². The van der Waals surface area contributed by atoms with Gasteiger partial charge in [0.2, 0.25) is 0 Å². The van der Waals surface area contributed by atoms with Crippen molar-refractivity contribution in [2.24, 2.45) is 0 Å². The molecule has 0 fully saturated rings. The summed E-state index contributed by atoms with van der Waals surface area (Å²) in [5.74, 6) is 0.728. The van der Waals surface area contributed by atoms with Gasteiger partial charge in [-0.15, -0.1) is 0 Å². The fraction of sp³-hybridized carbons (Fsp3) is 0.500. The van der Waals surface area contributed by atoms with Gasteiger partial charge in [-0.1, -0.05) is 0 Å². The Hall–Kier alpha value is -0.0975. The zero-order valence-corrected chi connectivity index (χ0v) is 7.04. The third kappa shape index (κ3) is 2.81. The average Bonchev–Trinajstić information content (AvgIpc) is 1.84. The van der Waals surface area contributed by atoms with Crippen molar-refractivity contribution in [1.82, 2.24) is 0 Å². The second-order valence-corrected chi connectivity index (χ2v) is 2.29. The van der Waals surface area contributed by atoms with Gasteiger partial charge >= 0.3 is 62.6 Å². The molecule has 52 valence electrons. The van der Waals surface area contributed by atoms with E-state index >= 15 is 0 Å². The van der Waals surface area contributed by atoms with E-state index in [1.165, 1.54) is 0 Å². The summed E-state index contributed by atoms with van der Waals surface area (Å²) < 4.78 is 5.04. The first-order valence-electron chi connectivity index (χ1n) is 2.54. The molecule has 0 aliphatic carbocycles. The number of hydrogen-bond acceptors (Lipinski definition) is 2. The molecule has 0 amide bonds. The summed E-state index contributed by atoms with van der Waals surface area (Å²) in [5.41, 5.74) is 0.748. The van der Waals surface area contributed by atoms with Crippen molar-refractivity contribution in [3.8, 4) is 0 Å². The van der Waals surface area contributed by atoms with Crippen molar-refractivity contribution < 1.29 is 25.7 Å². The van der Waals surface area contributed by atoms with Crippen molar-refractivity contribution in [1.29, 1.82) is 0 Å². The van der Waals surface area contributed by atoms with Crippen LogP contribution in [0.4, 0.5) is 0 Å². The van der Waals surface area contributed by atoms with E-state index in [0.717, 1.165) is 11.3 Å². The molecule has 0 aliphatic heterocycles. The Labute approximate surface area is 63.1 Å². The Bertz CT molecular complexity index is 149. The van der Waals surface area contributed by atoms with Crippen LogP contribution in [0.5, 0.6) is 0 Å². The molecule has 1 N–H and O–H groups in total. The fourth-order valence-corrected chi connectivity index (χ4v) is 0.528. The van der Waals surface area contributed by atoms with Crippen LogP contribution >= 0.6 is 0 Å². The molecule has 0 aliphatic rings. The minimum atomic E-state index is 0.189. The van der Waals surface area contributed by atoms with Crippen LogP contribution in [0, 0.1) is 0 Å². The quantitative estimate of drug-likeness (QED) is 0.619. The van der Waals surface area contributed by atoms with Crippen LogP contribution in [0.2, 0.25) is 0 Å². The van der Waals surface area contributed by atoms with Crippen molar-refractivity contribution in [2.75, 3.05) is 7.11 Å². The Morgan fingerprint density at radius 1 is 1.44 bits per heavy atom. The summed E-state index contributed by atoms with van der Waals surface area (Å²) >= 11 is 2.49. The van der Waals surface area contributed by atoms with Gasteiger partial charge < -0.3 is 0 Å². The first-order chi connectivity index (χ1) is 4.09. The third-order valence-electron chi connectivity index (χ3n) is 1.16. The Kier molecular flexibility index (Phi) is 3.80. The van der Waals surface area contributed by atoms with Crippen LogP contribution in [0.1, 0.15) is 13.8 Å². The first-order valence-corrected chi connectivity index (χ1v) is 3.18. The van der Waals surface area contributed by atoms with Gasteiger partial charge in [0.05, 0.1) is 0 Å². The zero-order chi connectivity index (χ0) is 7.44. The first kappa shape index (κ1) is 8.90. The molecule has 0 aromatic rings. The molecule has 0 heterocycles. The molecular weight excluding hydrogens is 156 g/mol. The predicted molar refractivity (Wildman–Crippen MR) is 32.3 cm³/mol. The van der Waals surface area contributed by atoms with Gasteiger partial charge in [0.15, 0.2) is 0 Å². The zero-order valence-electron chi connectivity index (χ0n) is 5.76. The predicted octanol–water partition coefficient (Wildman–Crippen LogP) is 0.976. The van der Waals surface area contributed by atoms with E-state index in [-0.39, 0.29) is 4.57 Å². The van der Waals surface area contributed by atoms with Gasteiger partial charge in [-0.2, -0.15) is 0 Å². The van der Waals surface area contributed by atoms with Crippen LogP contribution in [-0.4, -0.2) is 16.8 Å². The van der Waals surface area contributed by atoms with E-state index in [0.29, 0.717) is 0 Å². The normalized spacial score (nSPS) is 12.4. The van der Waals surface area contributed by atoms with Crippen LogP contribution in [0.25, 0.3) is 0 Å². The topological polar surface area (TPSA) is 29.5 Å². The Morgan fingerprint density at radius 2 is 1.89 bits per heavy atom. The van der Waals surface area contributed by atoms with E-state index in [4.69, 9.17) is 9.84 Å². The van der Waals surface area contributed by atoms with E-state index < -0.39 is 0 Å². The summed E-state index contributed by atoms with van der Waals surface area (Å²) in [6.45, 7) is 3.58. The maximum atomic E-state index is 8.85. The van der Waals surface area contributed by atoms with E-state index in [2.05, 4.69) is 15.9 Å². The van der Waals surface area contributed by atoms with Crippen molar-refractivity contribution in [3.05, 3.63) is 11.3 Å². The number of aliphatic hydroxyl groups is 1. The van der Waals surface area contributed by atoms with Crippen LogP contribution in [-0.2, 0) is 20.6 Å². The molecule has 0 radical (unpaired) electrons. The van der Waals surface area contributed by atoms with Crippen molar-refractivity contribution in [3.63, 3.8) is 0 Å². The van der Waals surface area contributed by atoms with Crippen molar-refractivity contribution in [2.45, 2.75) is 13.8 Å². The third-order valence-corrected chi connectivity index (χ3v) is 1.63. The summed E-state index contributed by atoms with van der Waals surface area (Å²) in [6.07, 6.45) is 0. The molecule has 0 aromatic carbocycles. The average molecular weight is 166 g/mol. The maximum absolute atomic E-state index is 8.85. The summed E-state index contributed by atoms with van der Waals surface area (Å²) in [5, 5.41) is 8.85. The van der Waals surface area contributed by atoms with Gasteiger partial charge in [-0.3, -0.25) is 0 Å². The second kappa shape index (κ2) is 3.84. The summed E-state index contributed by atoms with van der Waals surface area (Å²) in [6, 6.07) is 0. The SMILES string of the molecule is CO/C(C)=C(/C)[C](O)=[Cr]. The van der Waals surface area contributed by atoms with Crippen LogP contribution < -0.4 is 0 Å². The number of aliphatic hydroxyl groups excluding tert-OH is 1. The van der Waals surface area contributed by atoms with Gasteiger partial charge in [0.1, 0.15) is 0 Å². The molecule has 0 bridgehead atoms. The van der Waals surface area contributed by atoms with E-state index in [1.807, 2.05) is 0 Å². The molecular formula is C6H10CrO2. The number of ether oxygens (including phenoxy) is 1. The minimum absolute atomic E-state index is 0.189. The molecule has 0 aromatic heterocycles. The summed E-state index contributed by atoms with van der Waals surface area (Å²) in [7, 11) is 1.57. The molecule has 0 saturated carbocycles. The molecule has 9 heavy (non-hydrogen) atoms. The fourth-order valence-electron chi connectivity index (χ4n) is 0.304. The standard InChI is InChI=1S/C6H10O2.Cr/c1-5(4-7)6(2)8-3;/h7H,1-3H3;/b6-5-;. The van der Waals surface area contributed by atoms with Crippen LogP contribution in [0.15, 0.2) is 11.3 Å². The van der Waals surface area contributed by atoms with Crippen molar-refractivity contribution >= 4 is 4.57 Å². The molecule has 0 spiro atoms. The molecule has 0 rings (SSSR count). The van der Waals surface area contributed by atoms with Gasteiger partial charge in [-0.05, 0) is 0 Å². The molecule has 2 nitrogen and oxygen atoms in total.